The lowest BCUT2D eigenvalue weighted by Gasteiger charge is -2.28. The summed E-state index contributed by atoms with van der Waals surface area (Å²) in [5, 5.41) is 10.7. The number of hydrogen-bond acceptors (Lipinski definition) is 6. The number of Topliss-reactive ketones (excluding diaryl/α,β-unsaturated/α-hetero) is 1. The lowest BCUT2D eigenvalue weighted by atomic mass is 9.95. The van der Waals surface area contributed by atoms with Crippen LogP contribution in [0.3, 0.4) is 0 Å². The fourth-order valence-corrected chi connectivity index (χ4v) is 4.05. The van der Waals surface area contributed by atoms with E-state index in [1.54, 1.807) is 6.07 Å². The summed E-state index contributed by atoms with van der Waals surface area (Å²) in [4.78, 5) is 27.6. The molecule has 1 amide bonds. The molecule has 3 heterocycles. The molecule has 2 unspecified atom stereocenters. The first-order valence-corrected chi connectivity index (χ1v) is 10.8. The van der Waals surface area contributed by atoms with Crippen molar-refractivity contribution < 1.29 is 28.6 Å². The second-order valence-corrected chi connectivity index (χ2v) is 7.83. The Morgan fingerprint density at radius 2 is 2.06 bits per heavy atom. The van der Waals surface area contributed by atoms with E-state index < -0.39 is 23.5 Å². The van der Waals surface area contributed by atoms with Crippen LogP contribution in [0.1, 0.15) is 54.8 Å². The van der Waals surface area contributed by atoms with Crippen molar-refractivity contribution in [3.05, 3.63) is 65.3 Å². The van der Waals surface area contributed by atoms with E-state index in [9.17, 15) is 14.7 Å². The van der Waals surface area contributed by atoms with Gasteiger partial charge in [-0.2, -0.15) is 0 Å². The number of unbranched alkanes of at least 4 members (excludes halogenated alkanes) is 1. The summed E-state index contributed by atoms with van der Waals surface area (Å²) in [7, 11) is 0. The van der Waals surface area contributed by atoms with Gasteiger partial charge in [0.2, 0.25) is 5.78 Å². The molecule has 2 aliphatic rings. The van der Waals surface area contributed by atoms with Gasteiger partial charge < -0.3 is 23.9 Å². The van der Waals surface area contributed by atoms with Gasteiger partial charge in [0.25, 0.3) is 5.91 Å². The van der Waals surface area contributed by atoms with Crippen molar-refractivity contribution in [2.75, 3.05) is 19.8 Å². The highest BCUT2D eigenvalue weighted by atomic mass is 16.5. The van der Waals surface area contributed by atoms with Gasteiger partial charge >= 0.3 is 0 Å². The van der Waals surface area contributed by atoms with Gasteiger partial charge in [0, 0.05) is 13.2 Å². The minimum Gasteiger partial charge on any atom is -0.503 e. The molecule has 4 rings (SSSR count). The molecule has 2 atom stereocenters. The van der Waals surface area contributed by atoms with Gasteiger partial charge in [-0.15, -0.1) is 0 Å². The van der Waals surface area contributed by atoms with E-state index in [-0.39, 0.29) is 17.4 Å². The van der Waals surface area contributed by atoms with Gasteiger partial charge in [-0.3, -0.25) is 9.59 Å². The van der Waals surface area contributed by atoms with Crippen LogP contribution in [-0.4, -0.2) is 47.6 Å². The molecule has 0 spiro atoms. The standard InChI is InChI=1S/C24H27NO6/c1-2-3-12-29-17-10-8-16(9-11-17)21-20(22(26)19-7-5-14-31-19)23(27)24(28)25(21)15-18-6-4-13-30-18/h5,7-11,14,18,21,27H,2-4,6,12-13,15H2,1H3. The number of ketones is 1. The number of hydrogen-bond donors (Lipinski definition) is 1. The number of carbonyl (C=O) groups excluding carboxylic acids is 2. The van der Waals surface area contributed by atoms with Crippen molar-refractivity contribution in [3.63, 3.8) is 0 Å². The minimum atomic E-state index is -0.723. The van der Waals surface area contributed by atoms with Gasteiger partial charge in [0.15, 0.2) is 11.5 Å². The number of ether oxygens (including phenoxy) is 2. The predicted octanol–water partition coefficient (Wildman–Crippen LogP) is 4.22. The molecule has 7 heteroatoms. The average molecular weight is 425 g/mol. The lowest BCUT2D eigenvalue weighted by Crippen LogP contribution is -2.37. The van der Waals surface area contributed by atoms with Crippen molar-refractivity contribution in [2.45, 2.75) is 44.8 Å². The molecule has 1 N–H and O–H groups in total. The third-order valence-corrected chi connectivity index (χ3v) is 5.68. The quantitative estimate of drug-likeness (QED) is 0.478. The third kappa shape index (κ3) is 4.37. The van der Waals surface area contributed by atoms with Gasteiger partial charge in [-0.25, -0.2) is 0 Å². The molecule has 7 nitrogen and oxygen atoms in total. The second-order valence-electron chi connectivity index (χ2n) is 7.83. The molecule has 1 saturated heterocycles. The number of benzene rings is 1. The smallest absolute Gasteiger partial charge is 0.290 e. The maximum absolute atomic E-state index is 13.1. The Morgan fingerprint density at radius 1 is 1.26 bits per heavy atom. The summed E-state index contributed by atoms with van der Waals surface area (Å²) in [6.07, 6.45) is 5.05. The number of carbonyl (C=O) groups is 2. The van der Waals surface area contributed by atoms with Gasteiger partial charge in [-0.1, -0.05) is 25.5 Å². The summed E-state index contributed by atoms with van der Waals surface area (Å²) in [6, 6.07) is 9.71. The maximum atomic E-state index is 13.1. The Bertz CT molecular complexity index is 941. The zero-order valence-electron chi connectivity index (χ0n) is 17.6. The van der Waals surface area contributed by atoms with E-state index in [0.717, 1.165) is 31.4 Å². The Hall–Kier alpha value is -3.06. The van der Waals surface area contributed by atoms with Crippen LogP contribution in [0.2, 0.25) is 0 Å². The SMILES string of the molecule is CCCCOc1ccc(C2C(C(=O)c3ccco3)=C(O)C(=O)N2CC2CCCO2)cc1. The summed E-state index contributed by atoms with van der Waals surface area (Å²) < 4.78 is 16.7. The molecule has 2 aromatic rings. The van der Waals surface area contributed by atoms with Gasteiger partial charge in [0.1, 0.15) is 5.75 Å². The molecule has 0 bridgehead atoms. The van der Waals surface area contributed by atoms with Gasteiger partial charge in [-0.05, 0) is 49.1 Å². The summed E-state index contributed by atoms with van der Waals surface area (Å²) >= 11 is 0. The van der Waals surface area contributed by atoms with Crippen molar-refractivity contribution in [3.8, 4) is 5.75 Å². The van der Waals surface area contributed by atoms with Crippen LogP contribution in [0.5, 0.6) is 5.75 Å². The summed E-state index contributed by atoms with van der Waals surface area (Å²) in [6.45, 7) is 3.68. The van der Waals surface area contributed by atoms with Crippen molar-refractivity contribution >= 4 is 11.7 Å². The molecule has 0 aliphatic carbocycles. The largest absolute Gasteiger partial charge is 0.503 e. The Labute approximate surface area is 181 Å². The van der Waals surface area contributed by atoms with E-state index in [1.807, 2.05) is 24.3 Å². The summed E-state index contributed by atoms with van der Waals surface area (Å²) in [5.74, 6) is -0.803. The highest BCUT2D eigenvalue weighted by Crippen LogP contribution is 2.40. The average Bonchev–Trinajstić information content (AvgIpc) is 3.53. The maximum Gasteiger partial charge on any atom is 0.290 e. The first-order chi connectivity index (χ1) is 15.1. The zero-order chi connectivity index (χ0) is 21.8. The topological polar surface area (TPSA) is 89.2 Å². The monoisotopic (exact) mass is 425 g/mol. The van der Waals surface area contributed by atoms with Crippen LogP contribution in [0, 0.1) is 0 Å². The van der Waals surface area contributed by atoms with Crippen LogP contribution >= 0.6 is 0 Å². The van der Waals surface area contributed by atoms with E-state index in [4.69, 9.17) is 13.9 Å². The highest BCUT2D eigenvalue weighted by Gasteiger charge is 2.45. The normalized spacial score (nSPS) is 21.2. The summed E-state index contributed by atoms with van der Waals surface area (Å²) in [5.41, 5.74) is 0.741. The minimum absolute atomic E-state index is 0.0256. The lowest BCUT2D eigenvalue weighted by molar-refractivity contribution is -0.131. The highest BCUT2D eigenvalue weighted by molar-refractivity contribution is 6.15. The van der Waals surface area contributed by atoms with Crippen LogP contribution in [0.4, 0.5) is 0 Å². The van der Waals surface area contributed by atoms with Crippen molar-refractivity contribution in [1.82, 2.24) is 4.90 Å². The first kappa shape index (κ1) is 21.2. The van der Waals surface area contributed by atoms with Crippen molar-refractivity contribution in [1.29, 1.82) is 0 Å². The molecule has 164 valence electrons. The van der Waals surface area contributed by atoms with E-state index in [0.29, 0.717) is 25.3 Å². The number of aliphatic hydroxyl groups excluding tert-OH is 1. The molecular formula is C24H27NO6. The number of rotatable bonds is 9. The van der Waals surface area contributed by atoms with E-state index in [2.05, 4.69) is 6.92 Å². The van der Waals surface area contributed by atoms with Gasteiger partial charge in [0.05, 0.1) is 30.6 Å². The Balaban J connectivity index is 1.65. The van der Waals surface area contributed by atoms with Crippen LogP contribution in [-0.2, 0) is 9.53 Å². The molecule has 2 aliphatic heterocycles. The molecule has 31 heavy (non-hydrogen) atoms. The number of amides is 1. The molecule has 1 fully saturated rings. The molecule has 1 aromatic carbocycles. The predicted molar refractivity (Wildman–Crippen MR) is 113 cm³/mol. The van der Waals surface area contributed by atoms with E-state index in [1.165, 1.54) is 17.2 Å². The number of aliphatic hydroxyl groups is 1. The van der Waals surface area contributed by atoms with Crippen molar-refractivity contribution in [2.24, 2.45) is 0 Å². The molecule has 0 radical (unpaired) electrons. The zero-order valence-corrected chi connectivity index (χ0v) is 17.6. The Morgan fingerprint density at radius 3 is 2.71 bits per heavy atom. The molecule has 1 aromatic heterocycles. The second kappa shape index (κ2) is 9.39. The van der Waals surface area contributed by atoms with Crippen LogP contribution in [0.15, 0.2) is 58.4 Å². The van der Waals surface area contributed by atoms with Crippen LogP contribution in [0.25, 0.3) is 0 Å². The number of nitrogens with zero attached hydrogens (tertiary/aromatic N) is 1. The third-order valence-electron chi connectivity index (χ3n) is 5.68. The molecular weight excluding hydrogens is 398 g/mol. The van der Waals surface area contributed by atoms with Crippen LogP contribution < -0.4 is 4.74 Å². The number of furan rings is 1. The first-order valence-electron chi connectivity index (χ1n) is 10.8. The fourth-order valence-electron chi connectivity index (χ4n) is 4.05. The van der Waals surface area contributed by atoms with E-state index >= 15 is 0 Å². The Kier molecular flexibility index (Phi) is 6.42. The fraction of sp³-hybridized carbons (Fsp3) is 0.417. The molecule has 0 saturated carbocycles.